The van der Waals surface area contributed by atoms with Crippen LogP contribution in [-0.2, 0) is 19.0 Å². The van der Waals surface area contributed by atoms with Crippen LogP contribution in [0.5, 0.6) is 5.75 Å². The molecular weight excluding hydrogens is 396 g/mol. The van der Waals surface area contributed by atoms with Gasteiger partial charge in [-0.2, -0.15) is 0 Å². The van der Waals surface area contributed by atoms with Gasteiger partial charge >= 0.3 is 5.97 Å². The Hall–Kier alpha value is -2.27. The highest BCUT2D eigenvalue weighted by molar-refractivity contribution is 5.83. The maximum absolute atomic E-state index is 11.8. The van der Waals surface area contributed by atoms with Crippen LogP contribution in [0.1, 0.15) is 6.42 Å². The van der Waals surface area contributed by atoms with Crippen molar-refractivity contribution in [3.8, 4) is 5.75 Å². The molecule has 0 saturated carbocycles. The Morgan fingerprint density at radius 2 is 1.77 bits per heavy atom. The summed E-state index contributed by atoms with van der Waals surface area (Å²) in [6.07, 6.45) is -6.57. The lowest BCUT2D eigenvalue weighted by atomic mass is 9.99. The van der Waals surface area contributed by atoms with E-state index in [4.69, 9.17) is 24.1 Å². The Kier molecular flexibility index (Phi) is 7.97. The zero-order chi connectivity index (χ0) is 21.5. The number of rotatable bonds is 9. The maximum atomic E-state index is 11.8. The van der Waals surface area contributed by atoms with E-state index < -0.39 is 49.9 Å². The summed E-state index contributed by atoms with van der Waals surface area (Å²) in [5, 5.41) is 40.7. The first-order valence-corrected chi connectivity index (χ1v) is 9.69. The summed E-state index contributed by atoms with van der Waals surface area (Å²) in [5.41, 5.74) is 0. The van der Waals surface area contributed by atoms with Crippen LogP contribution in [0.15, 0.2) is 42.5 Å². The number of hydrogen-bond acceptors (Lipinski definition) is 9. The van der Waals surface area contributed by atoms with Gasteiger partial charge in [0.05, 0.1) is 19.8 Å². The molecule has 164 valence electrons. The lowest BCUT2D eigenvalue weighted by Gasteiger charge is -2.39. The van der Waals surface area contributed by atoms with E-state index >= 15 is 0 Å². The molecule has 2 aromatic rings. The van der Waals surface area contributed by atoms with Gasteiger partial charge in [-0.15, -0.1) is 0 Å². The van der Waals surface area contributed by atoms with Crippen molar-refractivity contribution in [2.24, 2.45) is 0 Å². The molecule has 1 aliphatic heterocycles. The molecule has 0 spiro atoms. The Morgan fingerprint density at radius 3 is 2.53 bits per heavy atom. The second-order valence-corrected chi connectivity index (χ2v) is 6.94. The van der Waals surface area contributed by atoms with E-state index in [0.29, 0.717) is 13.0 Å². The number of ether oxygens (including phenoxy) is 4. The summed E-state index contributed by atoms with van der Waals surface area (Å²) < 4.78 is 20.7. The summed E-state index contributed by atoms with van der Waals surface area (Å²) in [5.74, 6) is 0.0319. The number of aliphatic hydroxyl groups is 4. The Morgan fingerprint density at radius 1 is 1.00 bits per heavy atom. The number of carbonyl (C=O) groups is 1. The van der Waals surface area contributed by atoms with Crippen molar-refractivity contribution >= 4 is 16.7 Å². The van der Waals surface area contributed by atoms with Gasteiger partial charge in [-0.1, -0.05) is 30.3 Å². The number of hydrogen-bond donors (Lipinski definition) is 4. The molecule has 30 heavy (non-hydrogen) atoms. The van der Waals surface area contributed by atoms with Crippen molar-refractivity contribution < 1.29 is 44.2 Å². The summed E-state index contributed by atoms with van der Waals surface area (Å²) in [4.78, 5) is 11.8. The minimum Gasteiger partial charge on any atom is -0.493 e. The first-order chi connectivity index (χ1) is 14.5. The van der Waals surface area contributed by atoms with E-state index in [2.05, 4.69) is 0 Å². The van der Waals surface area contributed by atoms with Crippen LogP contribution in [0.4, 0.5) is 0 Å². The van der Waals surface area contributed by atoms with Crippen molar-refractivity contribution in [1.82, 2.24) is 0 Å². The van der Waals surface area contributed by atoms with Crippen LogP contribution < -0.4 is 4.74 Å². The van der Waals surface area contributed by atoms with Crippen LogP contribution in [0.2, 0.25) is 0 Å². The number of carbonyl (C=O) groups excluding carboxylic acids is 1. The molecule has 9 nitrogen and oxygen atoms in total. The topological polar surface area (TPSA) is 135 Å². The van der Waals surface area contributed by atoms with Gasteiger partial charge in [-0.3, -0.25) is 0 Å². The fourth-order valence-electron chi connectivity index (χ4n) is 3.16. The molecule has 0 radical (unpaired) electrons. The summed E-state index contributed by atoms with van der Waals surface area (Å²) in [6, 6.07) is 13.7. The van der Waals surface area contributed by atoms with E-state index in [1.165, 1.54) is 0 Å². The van der Waals surface area contributed by atoms with Gasteiger partial charge in [0, 0.05) is 6.42 Å². The quantitative estimate of drug-likeness (QED) is 0.324. The Balaban J connectivity index is 1.35. The highest BCUT2D eigenvalue weighted by atomic mass is 16.7. The van der Waals surface area contributed by atoms with Crippen LogP contribution in [0.3, 0.4) is 0 Å². The number of aliphatic hydroxyl groups excluding tert-OH is 4. The van der Waals surface area contributed by atoms with E-state index in [0.717, 1.165) is 16.5 Å². The zero-order valence-electron chi connectivity index (χ0n) is 16.3. The molecule has 1 saturated heterocycles. The lowest BCUT2D eigenvalue weighted by molar-refractivity contribution is -0.294. The van der Waals surface area contributed by atoms with Gasteiger partial charge in [0.2, 0.25) is 0 Å². The molecule has 0 aromatic heterocycles. The fraction of sp³-hybridized carbons (Fsp3) is 0.476. The summed E-state index contributed by atoms with van der Waals surface area (Å²) in [6.45, 7) is -0.646. The van der Waals surface area contributed by atoms with Gasteiger partial charge in [0.25, 0.3) is 0 Å². The van der Waals surface area contributed by atoms with Crippen molar-refractivity contribution in [1.29, 1.82) is 0 Å². The van der Waals surface area contributed by atoms with Gasteiger partial charge in [-0.05, 0) is 22.9 Å². The van der Waals surface area contributed by atoms with Gasteiger partial charge in [0.15, 0.2) is 6.29 Å². The minimum absolute atomic E-state index is 0.108. The second kappa shape index (κ2) is 10.7. The average Bonchev–Trinajstić information content (AvgIpc) is 2.75. The molecule has 5 atom stereocenters. The number of esters is 1. The average molecular weight is 422 g/mol. The largest absolute Gasteiger partial charge is 0.493 e. The molecule has 0 amide bonds. The van der Waals surface area contributed by atoms with Crippen LogP contribution >= 0.6 is 0 Å². The molecule has 3 rings (SSSR count). The van der Waals surface area contributed by atoms with E-state index in [1.54, 1.807) is 0 Å². The molecule has 2 aromatic carbocycles. The minimum atomic E-state index is -1.64. The SMILES string of the molecule is O=C(CO[C@H]1[C@H](O)[C@@H](CO)OC(O)[C@@H]1O)OCCCOc1ccc2ccccc2c1. The summed E-state index contributed by atoms with van der Waals surface area (Å²) >= 11 is 0. The highest BCUT2D eigenvalue weighted by Crippen LogP contribution is 2.22. The van der Waals surface area contributed by atoms with Gasteiger partial charge in [0.1, 0.15) is 36.8 Å². The highest BCUT2D eigenvalue weighted by Gasteiger charge is 2.44. The van der Waals surface area contributed by atoms with Crippen molar-refractivity contribution in [2.45, 2.75) is 37.1 Å². The fourth-order valence-corrected chi connectivity index (χ4v) is 3.16. The van der Waals surface area contributed by atoms with Crippen molar-refractivity contribution in [2.75, 3.05) is 26.4 Å². The van der Waals surface area contributed by atoms with Crippen molar-refractivity contribution in [3.63, 3.8) is 0 Å². The monoisotopic (exact) mass is 422 g/mol. The first kappa shape index (κ1) is 22.4. The summed E-state index contributed by atoms with van der Waals surface area (Å²) in [7, 11) is 0. The Bertz CT molecular complexity index is 827. The molecule has 4 N–H and O–H groups in total. The number of fused-ring (bicyclic) bond motifs is 1. The molecule has 1 fully saturated rings. The van der Waals surface area contributed by atoms with Crippen LogP contribution in [-0.4, -0.2) is 83.5 Å². The normalized spacial score (nSPS) is 26.5. The molecule has 9 heteroatoms. The molecule has 0 bridgehead atoms. The predicted octanol–water partition coefficient (Wildman–Crippen LogP) is -0.0316. The van der Waals surface area contributed by atoms with E-state index in [-0.39, 0.29) is 6.61 Å². The predicted molar refractivity (Wildman–Crippen MR) is 105 cm³/mol. The molecule has 1 heterocycles. The third-order valence-corrected chi connectivity index (χ3v) is 4.78. The third kappa shape index (κ3) is 5.66. The van der Waals surface area contributed by atoms with E-state index in [9.17, 15) is 20.1 Å². The van der Waals surface area contributed by atoms with Gasteiger partial charge in [-0.25, -0.2) is 4.79 Å². The van der Waals surface area contributed by atoms with Crippen LogP contribution in [0, 0.1) is 0 Å². The standard InChI is InChI=1S/C21H26O9/c22-11-16-18(24)20(19(25)21(26)30-16)29-12-17(23)28-9-3-8-27-15-7-6-13-4-1-2-5-14(13)10-15/h1-2,4-7,10,16,18-22,24-26H,3,8-9,11-12H2/t16-,18-,19-,20+,21?/m1/s1. The lowest BCUT2D eigenvalue weighted by Crippen LogP contribution is -2.59. The molecule has 0 aliphatic carbocycles. The smallest absolute Gasteiger partial charge is 0.332 e. The zero-order valence-corrected chi connectivity index (χ0v) is 16.3. The van der Waals surface area contributed by atoms with Crippen molar-refractivity contribution in [3.05, 3.63) is 42.5 Å². The van der Waals surface area contributed by atoms with E-state index in [1.807, 2.05) is 42.5 Å². The van der Waals surface area contributed by atoms with Gasteiger partial charge < -0.3 is 39.4 Å². The number of benzene rings is 2. The first-order valence-electron chi connectivity index (χ1n) is 9.69. The molecule has 1 aliphatic rings. The Labute approximate surface area is 173 Å². The van der Waals surface area contributed by atoms with Crippen LogP contribution in [0.25, 0.3) is 10.8 Å². The maximum Gasteiger partial charge on any atom is 0.332 e. The molecule has 1 unspecified atom stereocenters. The third-order valence-electron chi connectivity index (χ3n) is 4.78. The second-order valence-electron chi connectivity index (χ2n) is 6.94. The molecular formula is C21H26O9.